The normalized spacial score (nSPS) is 13.9. The van der Waals surface area contributed by atoms with Crippen molar-refractivity contribution in [3.8, 4) is 5.69 Å². The highest BCUT2D eigenvalue weighted by molar-refractivity contribution is 7.99. The van der Waals surface area contributed by atoms with Gasteiger partial charge in [-0.25, -0.2) is 4.98 Å². The first kappa shape index (κ1) is 22.1. The third kappa shape index (κ3) is 4.56. The van der Waals surface area contributed by atoms with Gasteiger partial charge in [0.2, 0.25) is 5.43 Å². The summed E-state index contributed by atoms with van der Waals surface area (Å²) < 4.78 is 2.16. The number of hydrogen-bond acceptors (Lipinski definition) is 5. The van der Waals surface area contributed by atoms with Gasteiger partial charge in [0.25, 0.3) is 0 Å². The maximum absolute atomic E-state index is 13.5. The van der Waals surface area contributed by atoms with Gasteiger partial charge in [0, 0.05) is 41.5 Å². The van der Waals surface area contributed by atoms with Crippen LogP contribution >= 0.6 is 23.1 Å². The molecule has 0 amide bonds. The highest BCUT2D eigenvalue weighted by atomic mass is 32.2. The second-order valence-electron chi connectivity index (χ2n) is 8.74. The van der Waals surface area contributed by atoms with E-state index in [2.05, 4.69) is 71.5 Å². The Morgan fingerprint density at radius 1 is 1.15 bits per heavy atom. The third-order valence-corrected chi connectivity index (χ3v) is 8.24. The van der Waals surface area contributed by atoms with Gasteiger partial charge in [-0.1, -0.05) is 71.9 Å². The van der Waals surface area contributed by atoms with E-state index in [9.17, 15) is 4.79 Å². The number of benzene rings is 2. The Kier molecular flexibility index (Phi) is 6.23. The summed E-state index contributed by atoms with van der Waals surface area (Å²) in [5.74, 6) is 0.776. The molecule has 33 heavy (non-hydrogen) atoms. The van der Waals surface area contributed by atoms with E-state index in [0.29, 0.717) is 5.52 Å². The Hall–Kier alpha value is -2.67. The zero-order valence-electron chi connectivity index (χ0n) is 19.0. The first-order valence-corrected chi connectivity index (χ1v) is 13.0. The predicted octanol–water partition coefficient (Wildman–Crippen LogP) is 5.98. The Morgan fingerprint density at radius 3 is 2.64 bits per heavy atom. The van der Waals surface area contributed by atoms with Crippen LogP contribution in [0, 0.1) is 6.92 Å². The molecular formula is C27H27N3OS2. The van der Waals surface area contributed by atoms with Crippen LogP contribution in [0.4, 0.5) is 0 Å². The molecule has 0 atom stereocenters. The number of aromatic nitrogens is 2. The summed E-state index contributed by atoms with van der Waals surface area (Å²) in [6.07, 6.45) is 0.777. The lowest BCUT2D eigenvalue weighted by Crippen LogP contribution is -2.32. The SMILES string of the molecule is C=C(C)CSc1nc2c(=O)c3c(sc2n1-c1ccc(C)cc1)CN(Cc1ccccc1)CC3. The fourth-order valence-corrected chi connectivity index (χ4v) is 6.42. The van der Waals surface area contributed by atoms with Crippen LogP contribution in [0.15, 0.2) is 76.7 Å². The van der Waals surface area contributed by atoms with E-state index in [0.717, 1.165) is 58.6 Å². The second kappa shape index (κ2) is 9.29. The van der Waals surface area contributed by atoms with Crippen LogP contribution in [0.2, 0.25) is 0 Å². The summed E-state index contributed by atoms with van der Waals surface area (Å²) in [5.41, 5.74) is 6.28. The Labute approximate surface area is 202 Å². The smallest absolute Gasteiger partial charge is 0.211 e. The number of nitrogens with zero attached hydrogens (tertiary/aromatic N) is 3. The van der Waals surface area contributed by atoms with Crippen LogP contribution in [0.25, 0.3) is 16.0 Å². The van der Waals surface area contributed by atoms with Crippen LogP contribution in [-0.2, 0) is 19.5 Å². The van der Waals surface area contributed by atoms with E-state index in [1.807, 2.05) is 13.0 Å². The molecule has 0 spiro atoms. The van der Waals surface area contributed by atoms with Crippen LogP contribution in [0.3, 0.4) is 0 Å². The Balaban J connectivity index is 1.59. The lowest BCUT2D eigenvalue weighted by atomic mass is 10.1. The van der Waals surface area contributed by atoms with Gasteiger partial charge in [0.15, 0.2) is 5.16 Å². The average Bonchev–Trinajstić information content (AvgIpc) is 3.17. The molecule has 2 aromatic carbocycles. The van der Waals surface area contributed by atoms with Gasteiger partial charge in [-0.15, -0.1) is 11.3 Å². The molecule has 0 N–H and O–H groups in total. The Bertz CT molecular complexity index is 1370. The molecule has 0 unspecified atom stereocenters. The molecule has 6 heteroatoms. The van der Waals surface area contributed by atoms with Crippen LogP contribution in [0.5, 0.6) is 0 Å². The minimum atomic E-state index is 0.0983. The van der Waals surface area contributed by atoms with Crippen molar-refractivity contribution >= 4 is 33.4 Å². The largest absolute Gasteiger partial charge is 0.294 e. The number of aryl methyl sites for hydroxylation is 1. The van der Waals surface area contributed by atoms with Crippen molar-refractivity contribution in [2.75, 3.05) is 12.3 Å². The molecule has 0 radical (unpaired) electrons. The van der Waals surface area contributed by atoms with Crippen LogP contribution < -0.4 is 5.43 Å². The first-order valence-electron chi connectivity index (χ1n) is 11.2. The molecule has 1 aliphatic rings. The van der Waals surface area contributed by atoms with Crippen molar-refractivity contribution in [1.82, 2.24) is 14.5 Å². The van der Waals surface area contributed by atoms with E-state index >= 15 is 0 Å². The van der Waals surface area contributed by atoms with Gasteiger partial charge >= 0.3 is 0 Å². The van der Waals surface area contributed by atoms with Gasteiger partial charge in [-0.3, -0.25) is 14.3 Å². The molecule has 4 nitrogen and oxygen atoms in total. The predicted molar refractivity (Wildman–Crippen MR) is 140 cm³/mol. The molecule has 0 fully saturated rings. The maximum atomic E-state index is 13.5. The van der Waals surface area contributed by atoms with Gasteiger partial charge < -0.3 is 0 Å². The standard InChI is InChI=1S/C27H27N3OS2/c1-18(2)17-32-27-28-24-25(31)22-13-14-29(15-20-7-5-4-6-8-20)16-23(22)33-26(24)30(27)21-11-9-19(3)10-12-21/h4-12H,1,13-17H2,2-3H3. The number of thioether (sulfide) groups is 1. The molecule has 4 aromatic rings. The summed E-state index contributed by atoms with van der Waals surface area (Å²) in [6.45, 7) is 10.7. The summed E-state index contributed by atoms with van der Waals surface area (Å²) in [7, 11) is 0. The number of imidazole rings is 1. The van der Waals surface area contributed by atoms with Crippen molar-refractivity contribution in [1.29, 1.82) is 0 Å². The lowest BCUT2D eigenvalue weighted by Gasteiger charge is -2.27. The molecule has 0 saturated carbocycles. The summed E-state index contributed by atoms with van der Waals surface area (Å²) in [5, 5.41) is 0.855. The lowest BCUT2D eigenvalue weighted by molar-refractivity contribution is 0.248. The third-order valence-electron chi connectivity index (χ3n) is 5.88. The van der Waals surface area contributed by atoms with Crippen molar-refractivity contribution < 1.29 is 0 Å². The quantitative estimate of drug-likeness (QED) is 0.255. The summed E-state index contributed by atoms with van der Waals surface area (Å²) in [4.78, 5) is 22.9. The van der Waals surface area contributed by atoms with Gasteiger partial charge in [-0.05, 0) is 38.0 Å². The topological polar surface area (TPSA) is 38.1 Å². The van der Waals surface area contributed by atoms with Crippen LogP contribution in [0.1, 0.15) is 28.5 Å². The molecule has 5 rings (SSSR count). The molecule has 0 bridgehead atoms. The summed E-state index contributed by atoms with van der Waals surface area (Å²) >= 11 is 3.36. The van der Waals surface area contributed by atoms with Crippen molar-refractivity contribution in [2.45, 2.75) is 38.5 Å². The molecule has 168 valence electrons. The average molecular weight is 474 g/mol. The number of rotatable bonds is 6. The fourth-order valence-electron chi connectivity index (χ4n) is 4.19. The number of fused-ring (bicyclic) bond motifs is 2. The van der Waals surface area contributed by atoms with Crippen molar-refractivity contribution in [3.05, 3.63) is 98.5 Å². The van der Waals surface area contributed by atoms with Gasteiger partial charge in [0.05, 0.1) is 0 Å². The van der Waals surface area contributed by atoms with Gasteiger partial charge in [0.1, 0.15) is 10.3 Å². The minimum Gasteiger partial charge on any atom is -0.294 e. The number of hydrogen-bond donors (Lipinski definition) is 0. The highest BCUT2D eigenvalue weighted by Gasteiger charge is 2.25. The second-order valence-corrected chi connectivity index (χ2v) is 10.8. The van der Waals surface area contributed by atoms with Gasteiger partial charge in [-0.2, -0.15) is 0 Å². The van der Waals surface area contributed by atoms with E-state index in [4.69, 9.17) is 4.98 Å². The molecule has 3 heterocycles. The summed E-state index contributed by atoms with van der Waals surface area (Å²) in [6, 6.07) is 19.0. The van der Waals surface area contributed by atoms with E-state index in [-0.39, 0.29) is 5.43 Å². The first-order chi connectivity index (χ1) is 16.0. The fraction of sp³-hybridized carbons (Fsp3) is 0.259. The van der Waals surface area contributed by atoms with Crippen LogP contribution in [-0.4, -0.2) is 26.7 Å². The zero-order valence-corrected chi connectivity index (χ0v) is 20.6. The highest BCUT2D eigenvalue weighted by Crippen LogP contribution is 2.33. The molecule has 0 saturated heterocycles. The Morgan fingerprint density at radius 2 is 1.91 bits per heavy atom. The zero-order chi connectivity index (χ0) is 22.9. The van der Waals surface area contributed by atoms with E-state index in [1.54, 1.807) is 23.1 Å². The molecule has 0 aliphatic carbocycles. The van der Waals surface area contributed by atoms with E-state index < -0.39 is 0 Å². The molecule has 1 aliphatic heterocycles. The maximum Gasteiger partial charge on any atom is 0.211 e. The monoisotopic (exact) mass is 473 g/mol. The van der Waals surface area contributed by atoms with Crippen molar-refractivity contribution in [2.24, 2.45) is 0 Å². The minimum absolute atomic E-state index is 0.0983. The van der Waals surface area contributed by atoms with Crippen molar-refractivity contribution in [3.63, 3.8) is 0 Å². The van der Waals surface area contributed by atoms with E-state index in [1.165, 1.54) is 16.0 Å². The molecule has 2 aromatic heterocycles. The molecular weight excluding hydrogens is 446 g/mol.